The summed E-state index contributed by atoms with van der Waals surface area (Å²) in [5.41, 5.74) is 12.5. The second kappa shape index (κ2) is 15.8. The van der Waals surface area contributed by atoms with Gasteiger partial charge in [0.2, 0.25) is 0 Å². The lowest BCUT2D eigenvalue weighted by molar-refractivity contribution is 0.100. The second-order valence-electron chi connectivity index (χ2n) is 11.7. The molecule has 4 heterocycles. The van der Waals surface area contributed by atoms with Gasteiger partial charge in [-0.05, 0) is 88.4 Å². The number of Topliss-reactive ketones (excluding diaryl/α,β-unsaturated/α-hetero) is 2. The molecule has 4 aromatic heterocycles. The van der Waals surface area contributed by atoms with Gasteiger partial charge in [-0.1, -0.05) is 24.3 Å². The molecule has 6 N–H and O–H groups in total. The number of H-pyrrole nitrogens is 2. The first-order valence-corrected chi connectivity index (χ1v) is 15.5. The Morgan fingerprint density at radius 1 is 0.569 bits per heavy atom. The predicted octanol–water partition coefficient (Wildman–Crippen LogP) is 8.75. The molecule has 0 spiro atoms. The van der Waals surface area contributed by atoms with E-state index >= 15 is 0 Å². The third kappa shape index (κ3) is 7.81. The van der Waals surface area contributed by atoms with Gasteiger partial charge in [-0.3, -0.25) is 9.59 Å². The van der Waals surface area contributed by atoms with Crippen LogP contribution in [0.4, 0.5) is 22.7 Å². The van der Waals surface area contributed by atoms with Crippen molar-refractivity contribution < 1.29 is 15.1 Å². The minimum Gasteiger partial charge on any atom is -0.412 e. The number of anilines is 4. The molecule has 4 aromatic carbocycles. The lowest BCUT2D eigenvalue weighted by Gasteiger charge is -2.13. The van der Waals surface area contributed by atoms with E-state index in [4.69, 9.17) is 0 Å². The van der Waals surface area contributed by atoms with Crippen molar-refractivity contribution in [3.05, 3.63) is 120 Å². The van der Waals surface area contributed by atoms with Gasteiger partial charge in [-0.25, -0.2) is 19.9 Å². The fourth-order valence-corrected chi connectivity index (χ4v) is 5.90. The molecule has 0 aliphatic heterocycles. The van der Waals surface area contributed by atoms with E-state index in [2.05, 4.69) is 40.5 Å². The quantitative estimate of drug-likeness (QED) is 0.123. The molecular weight excluding hydrogens is 687 g/mol. The summed E-state index contributed by atoms with van der Waals surface area (Å²) < 4.78 is 0. The minimum absolute atomic E-state index is 0. The molecule has 11 nitrogen and oxygen atoms in total. The van der Waals surface area contributed by atoms with E-state index in [1.54, 1.807) is 26.5 Å². The van der Waals surface area contributed by atoms with Gasteiger partial charge in [-0.15, -0.1) is 24.8 Å². The summed E-state index contributed by atoms with van der Waals surface area (Å²) in [6.45, 7) is 7.16. The van der Waals surface area contributed by atoms with Crippen LogP contribution in [0.25, 0.3) is 43.9 Å². The largest absolute Gasteiger partial charge is 0.412 e. The zero-order valence-corrected chi connectivity index (χ0v) is 29.8. The van der Waals surface area contributed by atoms with E-state index < -0.39 is 0 Å². The minimum atomic E-state index is 0. The van der Waals surface area contributed by atoms with Crippen LogP contribution >= 0.6 is 24.8 Å². The van der Waals surface area contributed by atoms with E-state index in [9.17, 15) is 9.59 Å². The second-order valence-corrected chi connectivity index (χ2v) is 11.7. The maximum atomic E-state index is 11.6. The van der Waals surface area contributed by atoms with Crippen molar-refractivity contribution in [1.82, 2.24) is 29.9 Å². The highest BCUT2D eigenvalue weighted by molar-refractivity contribution is 6.11. The molecule has 0 amide bonds. The van der Waals surface area contributed by atoms with Crippen molar-refractivity contribution in [2.24, 2.45) is 0 Å². The zero-order valence-electron chi connectivity index (χ0n) is 28.2. The zero-order chi connectivity index (χ0) is 33.4. The van der Waals surface area contributed by atoms with Crippen LogP contribution in [0, 0.1) is 13.8 Å². The Bertz CT molecular complexity index is 2350. The topological polar surface area (TPSA) is 173 Å². The summed E-state index contributed by atoms with van der Waals surface area (Å²) in [6, 6.07) is 27.0. The summed E-state index contributed by atoms with van der Waals surface area (Å²) in [7, 11) is 0. The average molecular weight is 724 g/mol. The normalized spacial score (nSPS) is 10.4. The van der Waals surface area contributed by atoms with Crippen molar-refractivity contribution in [2.45, 2.75) is 27.7 Å². The van der Waals surface area contributed by atoms with Crippen LogP contribution in [0.3, 0.4) is 0 Å². The first-order chi connectivity index (χ1) is 23.2. The highest BCUT2D eigenvalue weighted by atomic mass is 35.5. The maximum Gasteiger partial charge on any atom is 0.159 e. The third-order valence-corrected chi connectivity index (χ3v) is 8.10. The number of benzene rings is 4. The van der Waals surface area contributed by atoms with Crippen molar-refractivity contribution in [3.63, 3.8) is 0 Å². The van der Waals surface area contributed by atoms with Gasteiger partial charge in [0.05, 0.1) is 22.4 Å². The Morgan fingerprint density at radius 3 is 1.37 bits per heavy atom. The van der Waals surface area contributed by atoms with Gasteiger partial charge in [0.15, 0.2) is 11.6 Å². The SMILES string of the molecule is CC(=O)c1cccc(Nc2cc(C)[nH]c3ccc4ncnc4c23)c1.CC(=O)c1cccc(Nc2cc(C)[nH]c3ccc4ncnc4c23)c1.Cl.Cl.O. The van der Waals surface area contributed by atoms with Gasteiger partial charge in [-0.2, -0.15) is 0 Å². The molecule has 0 saturated heterocycles. The van der Waals surface area contributed by atoms with Gasteiger partial charge in [0.25, 0.3) is 0 Å². The standard InChI is InChI=1S/2C19H16N4O.2ClH.H2O/c2*1-11-8-17(23-14-5-3-4-13(9-14)12(2)24)18-15(22-11)6-7-16-19(18)21-10-20-16;;;/h2*3-10,22-23H,1-2H3;2*1H;1H2. The Hall–Kier alpha value is -5.88. The van der Waals surface area contributed by atoms with Gasteiger partial charge < -0.3 is 26.1 Å². The number of hydrogen-bond donors (Lipinski definition) is 4. The van der Waals surface area contributed by atoms with E-state index in [1.165, 1.54) is 0 Å². The molecule has 0 aliphatic carbocycles. The summed E-state index contributed by atoms with van der Waals surface area (Å²) in [5, 5.41) is 8.83. The monoisotopic (exact) mass is 722 g/mol. The number of halogens is 2. The van der Waals surface area contributed by atoms with Crippen molar-refractivity contribution in [1.29, 1.82) is 0 Å². The smallest absolute Gasteiger partial charge is 0.159 e. The highest BCUT2D eigenvalue weighted by Crippen LogP contribution is 2.33. The van der Waals surface area contributed by atoms with Crippen LogP contribution in [-0.2, 0) is 0 Å². The molecule has 0 saturated carbocycles. The molecule has 0 unspecified atom stereocenters. The Morgan fingerprint density at radius 2 is 0.980 bits per heavy atom. The Balaban J connectivity index is 0.000000216. The number of aryl methyl sites for hydroxylation is 2. The fraction of sp³-hybridized carbons (Fsp3) is 0.105. The summed E-state index contributed by atoms with van der Waals surface area (Å²) >= 11 is 0. The highest BCUT2D eigenvalue weighted by Gasteiger charge is 2.12. The number of aromatic nitrogens is 6. The van der Waals surface area contributed by atoms with Crippen molar-refractivity contribution >= 4 is 103 Å². The number of pyridine rings is 2. The van der Waals surface area contributed by atoms with E-state index in [0.717, 1.165) is 78.0 Å². The molecule has 0 radical (unpaired) electrons. The first-order valence-electron chi connectivity index (χ1n) is 15.5. The summed E-state index contributed by atoms with van der Waals surface area (Å²) in [6.07, 6.45) is 3.15. The third-order valence-electron chi connectivity index (χ3n) is 8.10. The number of nitrogens with one attached hydrogen (secondary N) is 4. The van der Waals surface area contributed by atoms with E-state index in [-0.39, 0.29) is 41.9 Å². The molecule has 0 atom stereocenters. The van der Waals surface area contributed by atoms with Crippen LogP contribution in [0.2, 0.25) is 0 Å². The molecule has 0 aliphatic rings. The van der Waals surface area contributed by atoms with Crippen LogP contribution < -0.4 is 10.6 Å². The Kier molecular flexibility index (Phi) is 11.7. The number of hydrogen-bond acceptors (Lipinski definition) is 8. The molecule has 13 heteroatoms. The lowest BCUT2D eigenvalue weighted by Crippen LogP contribution is -1.98. The maximum absolute atomic E-state index is 11.6. The number of fused-ring (bicyclic) bond motifs is 6. The number of carbonyl (C=O) groups is 2. The van der Waals surface area contributed by atoms with E-state index in [0.29, 0.717) is 11.1 Å². The molecular formula is C38H36Cl2N8O3. The van der Waals surface area contributed by atoms with Crippen LogP contribution in [-0.4, -0.2) is 46.9 Å². The van der Waals surface area contributed by atoms with Crippen molar-refractivity contribution in [2.75, 3.05) is 10.6 Å². The number of rotatable bonds is 6. The number of ketones is 2. The lowest BCUT2D eigenvalue weighted by atomic mass is 10.1. The van der Waals surface area contributed by atoms with E-state index in [1.807, 2.05) is 98.8 Å². The fourth-order valence-electron chi connectivity index (χ4n) is 5.90. The summed E-state index contributed by atoms with van der Waals surface area (Å²) in [5.74, 6) is 0.0933. The van der Waals surface area contributed by atoms with Gasteiger partial charge >= 0.3 is 0 Å². The number of nitrogens with zero attached hydrogens (tertiary/aromatic N) is 4. The summed E-state index contributed by atoms with van der Waals surface area (Å²) in [4.78, 5) is 47.3. The first kappa shape index (κ1) is 37.9. The van der Waals surface area contributed by atoms with Crippen molar-refractivity contribution in [3.8, 4) is 0 Å². The number of carbonyl (C=O) groups excluding carboxylic acids is 2. The van der Waals surface area contributed by atoms with Crippen LogP contribution in [0.1, 0.15) is 46.0 Å². The molecule has 260 valence electrons. The number of imidazole rings is 2. The van der Waals surface area contributed by atoms with Crippen LogP contribution in [0.15, 0.2) is 97.6 Å². The predicted molar refractivity (Wildman–Crippen MR) is 210 cm³/mol. The molecule has 51 heavy (non-hydrogen) atoms. The molecule has 0 bridgehead atoms. The molecule has 8 rings (SSSR count). The number of aromatic amines is 2. The Labute approximate surface area is 305 Å². The van der Waals surface area contributed by atoms with Gasteiger partial charge in [0, 0.05) is 55.7 Å². The van der Waals surface area contributed by atoms with Gasteiger partial charge in [0.1, 0.15) is 23.7 Å². The molecule has 0 fully saturated rings. The van der Waals surface area contributed by atoms with Crippen LogP contribution in [0.5, 0.6) is 0 Å². The molecule has 8 aromatic rings. The average Bonchev–Trinajstić information content (AvgIpc) is 3.75.